The fraction of sp³-hybridized carbons (Fsp3) is 0.800. The largest absolute Gasteiger partial charge is 0.387 e. The summed E-state index contributed by atoms with van der Waals surface area (Å²) in [6, 6.07) is 0. The van der Waals surface area contributed by atoms with Gasteiger partial charge in [-0.2, -0.15) is 0 Å². The second-order valence-electron chi connectivity index (χ2n) is 11.5. The number of hydrogen-bond donors (Lipinski definition) is 1. The molecule has 3 saturated carbocycles. The van der Waals surface area contributed by atoms with Crippen LogP contribution >= 0.6 is 0 Å². The lowest BCUT2D eigenvalue weighted by Crippen LogP contribution is -2.86. The molecule has 3 spiro atoms. The first kappa shape index (κ1) is 19.7. The van der Waals surface area contributed by atoms with Crippen LogP contribution in [0.5, 0.6) is 0 Å². The Kier molecular flexibility index (Phi) is 3.59. The van der Waals surface area contributed by atoms with Gasteiger partial charge in [0.15, 0.2) is 11.6 Å². The normalized spacial score (nSPS) is 57.3. The van der Waals surface area contributed by atoms with E-state index < -0.39 is 23.1 Å². The molecule has 0 aromatic heterocycles. The zero-order valence-corrected chi connectivity index (χ0v) is 18.6. The Labute approximate surface area is 178 Å². The Morgan fingerprint density at radius 3 is 2.77 bits per heavy atom. The number of Topliss-reactive ketones (excluding diaryl/α,β-unsaturated/α-hetero) is 1. The van der Waals surface area contributed by atoms with Crippen molar-refractivity contribution in [2.24, 2.45) is 34.0 Å². The molecular weight excluding hydrogens is 380 g/mol. The molecular formula is C25H34O5. The second-order valence-corrected chi connectivity index (χ2v) is 11.5. The van der Waals surface area contributed by atoms with Crippen LogP contribution < -0.4 is 0 Å². The van der Waals surface area contributed by atoms with Crippen LogP contribution in [0.1, 0.15) is 59.8 Å². The van der Waals surface area contributed by atoms with Gasteiger partial charge in [0.05, 0.1) is 12.7 Å². The molecule has 164 valence electrons. The molecule has 7 rings (SSSR count). The molecule has 4 aliphatic carbocycles. The smallest absolute Gasteiger partial charge is 0.213 e. The van der Waals surface area contributed by atoms with E-state index in [1.165, 1.54) is 0 Å². The minimum atomic E-state index is -1.37. The third-order valence-corrected chi connectivity index (χ3v) is 9.68. The number of ether oxygens (including phenoxy) is 3. The summed E-state index contributed by atoms with van der Waals surface area (Å²) in [5, 5.41) is 12.1. The van der Waals surface area contributed by atoms with E-state index in [9.17, 15) is 9.90 Å². The minimum absolute atomic E-state index is 0.00300. The van der Waals surface area contributed by atoms with Crippen LogP contribution in [0.4, 0.5) is 0 Å². The lowest BCUT2D eigenvalue weighted by Gasteiger charge is -2.76. The Balaban J connectivity index is 1.65. The summed E-state index contributed by atoms with van der Waals surface area (Å²) in [4.78, 5) is 14.0. The van der Waals surface area contributed by atoms with Gasteiger partial charge in [-0.1, -0.05) is 39.0 Å². The average molecular weight is 415 g/mol. The lowest BCUT2D eigenvalue weighted by atomic mass is 9.37. The fourth-order valence-electron chi connectivity index (χ4n) is 9.06. The van der Waals surface area contributed by atoms with Crippen LogP contribution in [0.15, 0.2) is 24.3 Å². The molecule has 0 aromatic rings. The monoisotopic (exact) mass is 414 g/mol. The number of rotatable bonds is 2. The van der Waals surface area contributed by atoms with Crippen LogP contribution in [0, 0.1) is 34.0 Å². The van der Waals surface area contributed by atoms with Crippen molar-refractivity contribution in [2.45, 2.75) is 83.6 Å². The van der Waals surface area contributed by atoms with Gasteiger partial charge in [-0.25, -0.2) is 0 Å². The van der Waals surface area contributed by atoms with Crippen LogP contribution in [-0.2, 0) is 19.0 Å². The van der Waals surface area contributed by atoms with Gasteiger partial charge in [-0.15, -0.1) is 0 Å². The maximum absolute atomic E-state index is 14.0. The predicted molar refractivity (Wildman–Crippen MR) is 110 cm³/mol. The number of fused-ring (bicyclic) bond motifs is 1. The van der Waals surface area contributed by atoms with Crippen LogP contribution in [0.3, 0.4) is 0 Å². The molecule has 9 atom stereocenters. The molecule has 0 aromatic carbocycles. The number of allylic oxidation sites excluding steroid dienone is 1. The number of carbonyl (C=O) groups excluding carboxylic acids is 1. The molecule has 5 heteroatoms. The molecule has 4 bridgehead atoms. The molecule has 3 saturated heterocycles. The topological polar surface area (TPSA) is 65.0 Å². The van der Waals surface area contributed by atoms with E-state index in [0.29, 0.717) is 12.2 Å². The minimum Gasteiger partial charge on any atom is -0.387 e. The predicted octanol–water partition coefficient (Wildman–Crippen LogP) is 3.76. The van der Waals surface area contributed by atoms with Crippen molar-refractivity contribution in [3.8, 4) is 0 Å². The van der Waals surface area contributed by atoms with E-state index >= 15 is 0 Å². The molecule has 0 radical (unpaired) electrons. The summed E-state index contributed by atoms with van der Waals surface area (Å²) < 4.78 is 19.6. The number of carbonyl (C=O) groups is 1. The van der Waals surface area contributed by atoms with Gasteiger partial charge in [0.2, 0.25) is 5.79 Å². The summed E-state index contributed by atoms with van der Waals surface area (Å²) in [5.74, 6) is -2.30. The zero-order valence-electron chi connectivity index (χ0n) is 18.6. The SMILES string of the molecule is C=C1C(=O)[C@@]23[C@@H]4OC(C)(C)OC25OC[C@]2(C=CC[C@@](C)(CCC)[C@H]2[C@@H]5O)[C@@H]3CC[C@@H]14. The summed E-state index contributed by atoms with van der Waals surface area (Å²) in [6.07, 6.45) is 8.17. The van der Waals surface area contributed by atoms with Crippen LogP contribution in [0.25, 0.3) is 0 Å². The van der Waals surface area contributed by atoms with Crippen molar-refractivity contribution in [1.82, 2.24) is 0 Å². The summed E-state index contributed by atoms with van der Waals surface area (Å²) in [6.45, 7) is 13.0. The highest BCUT2D eigenvalue weighted by atomic mass is 16.8. The number of aliphatic hydroxyl groups is 1. The first-order valence-electron chi connectivity index (χ1n) is 11.7. The lowest BCUT2D eigenvalue weighted by molar-refractivity contribution is -0.524. The third kappa shape index (κ3) is 1.79. The summed E-state index contributed by atoms with van der Waals surface area (Å²) in [7, 11) is 0. The maximum Gasteiger partial charge on any atom is 0.213 e. The van der Waals surface area contributed by atoms with Gasteiger partial charge < -0.3 is 19.3 Å². The second kappa shape index (κ2) is 5.48. The zero-order chi connectivity index (χ0) is 21.3. The van der Waals surface area contributed by atoms with E-state index in [1.807, 2.05) is 13.8 Å². The third-order valence-electron chi connectivity index (χ3n) is 9.68. The van der Waals surface area contributed by atoms with Crippen LogP contribution in [-0.4, -0.2) is 41.3 Å². The first-order valence-corrected chi connectivity index (χ1v) is 11.7. The molecule has 1 unspecified atom stereocenters. The van der Waals surface area contributed by atoms with Crippen molar-refractivity contribution < 1.29 is 24.1 Å². The van der Waals surface area contributed by atoms with Gasteiger partial charge in [-0.05, 0) is 56.4 Å². The molecule has 5 nitrogen and oxygen atoms in total. The molecule has 3 aliphatic heterocycles. The van der Waals surface area contributed by atoms with Crippen molar-refractivity contribution in [3.05, 3.63) is 24.3 Å². The molecule has 7 aliphatic rings. The highest BCUT2D eigenvalue weighted by molar-refractivity contribution is 6.05. The van der Waals surface area contributed by atoms with Gasteiger partial charge >= 0.3 is 0 Å². The Bertz CT molecular complexity index is 877. The van der Waals surface area contributed by atoms with Gasteiger partial charge in [0.1, 0.15) is 11.5 Å². The van der Waals surface area contributed by atoms with Gasteiger partial charge in [0.25, 0.3) is 0 Å². The highest BCUT2D eigenvalue weighted by Gasteiger charge is 2.88. The summed E-state index contributed by atoms with van der Waals surface area (Å²) in [5.41, 5.74) is -0.805. The quantitative estimate of drug-likeness (QED) is 0.551. The van der Waals surface area contributed by atoms with Crippen molar-refractivity contribution in [2.75, 3.05) is 6.61 Å². The fourth-order valence-corrected chi connectivity index (χ4v) is 9.06. The highest BCUT2D eigenvalue weighted by Crippen LogP contribution is 2.78. The molecule has 0 amide bonds. The molecule has 6 fully saturated rings. The van der Waals surface area contributed by atoms with Gasteiger partial charge in [-0.3, -0.25) is 4.79 Å². The number of ketones is 1. The number of aliphatic hydroxyl groups excluding tert-OH is 1. The molecule has 30 heavy (non-hydrogen) atoms. The first-order chi connectivity index (χ1) is 14.1. The van der Waals surface area contributed by atoms with E-state index in [-0.39, 0.29) is 40.5 Å². The van der Waals surface area contributed by atoms with Crippen molar-refractivity contribution >= 4 is 5.78 Å². The molecule has 1 N–H and O–H groups in total. The van der Waals surface area contributed by atoms with E-state index in [0.717, 1.165) is 32.1 Å². The van der Waals surface area contributed by atoms with Gasteiger partial charge in [0, 0.05) is 17.3 Å². The van der Waals surface area contributed by atoms with E-state index in [1.54, 1.807) is 0 Å². The molecule has 3 heterocycles. The van der Waals surface area contributed by atoms with E-state index in [4.69, 9.17) is 14.2 Å². The van der Waals surface area contributed by atoms with Crippen LogP contribution in [0.2, 0.25) is 0 Å². The average Bonchev–Trinajstić information content (AvgIpc) is 2.79. The number of hydrogen-bond acceptors (Lipinski definition) is 5. The Hall–Kier alpha value is -1.01. The summed E-state index contributed by atoms with van der Waals surface area (Å²) >= 11 is 0. The standard InChI is InChI=1S/C25H34O5/c1-6-10-22(5)11-7-12-23-13-28-25(19(27)17(22)23)24-16(23)9-8-15(14(2)18(24)26)20(24)29-21(3,4)30-25/h7,12,15-17,19-20,27H,2,6,8-11,13H2,1,3-5H3/t15-,16-,17+,19-,20+,22+,23+,24-,25?/m0/s1. The van der Waals surface area contributed by atoms with Crippen molar-refractivity contribution in [3.63, 3.8) is 0 Å². The van der Waals surface area contributed by atoms with E-state index in [2.05, 4.69) is 32.6 Å². The Morgan fingerprint density at radius 2 is 2.03 bits per heavy atom. The Morgan fingerprint density at radius 1 is 1.27 bits per heavy atom. The van der Waals surface area contributed by atoms with Crippen molar-refractivity contribution in [1.29, 1.82) is 0 Å². The maximum atomic E-state index is 14.0.